The van der Waals surface area contributed by atoms with Gasteiger partial charge >= 0.3 is 0 Å². The van der Waals surface area contributed by atoms with Gasteiger partial charge in [0.25, 0.3) is 0 Å². The molecule has 1 aromatic heterocycles. The predicted octanol–water partition coefficient (Wildman–Crippen LogP) is 3.12. The van der Waals surface area contributed by atoms with E-state index in [0.717, 1.165) is 12.8 Å². The first-order valence-corrected chi connectivity index (χ1v) is 5.32. The number of pyridine rings is 1. The van der Waals surface area contributed by atoms with Gasteiger partial charge in [-0.2, -0.15) is 0 Å². The van der Waals surface area contributed by atoms with Gasteiger partial charge in [0, 0.05) is 0 Å². The van der Waals surface area contributed by atoms with Crippen LogP contribution in [0.2, 0.25) is 5.15 Å². The third-order valence-electron chi connectivity index (χ3n) is 1.96. The van der Waals surface area contributed by atoms with E-state index < -0.39 is 0 Å². The van der Waals surface area contributed by atoms with E-state index in [0.29, 0.717) is 17.9 Å². The second-order valence-corrected chi connectivity index (χ2v) is 3.63. The van der Waals surface area contributed by atoms with Gasteiger partial charge in [0.05, 0.1) is 18.4 Å². The summed E-state index contributed by atoms with van der Waals surface area (Å²) in [6.07, 6.45) is 3.59. The summed E-state index contributed by atoms with van der Waals surface area (Å²) < 4.78 is 5.42. The molecule has 0 spiro atoms. The minimum Gasteiger partial charge on any atom is -0.492 e. The zero-order chi connectivity index (χ0) is 11.3. The van der Waals surface area contributed by atoms with E-state index in [1.54, 1.807) is 6.07 Å². The third-order valence-corrected chi connectivity index (χ3v) is 2.26. The number of nitrogens with zero attached hydrogens (tertiary/aromatic N) is 1. The molecule has 0 aliphatic heterocycles. The Kier molecular flexibility index (Phi) is 4.56. The molecular formula is C11H14ClNO2. The van der Waals surface area contributed by atoms with Crippen molar-refractivity contribution in [2.24, 2.45) is 0 Å². The van der Waals surface area contributed by atoms with Crippen molar-refractivity contribution >= 4 is 17.4 Å². The van der Waals surface area contributed by atoms with E-state index in [1.807, 2.05) is 0 Å². The number of ketones is 1. The molecule has 1 aromatic rings. The summed E-state index contributed by atoms with van der Waals surface area (Å²) in [6, 6.07) is 1.63. The maximum absolute atomic E-state index is 11.2. The van der Waals surface area contributed by atoms with Crippen LogP contribution >= 0.6 is 11.6 Å². The summed E-state index contributed by atoms with van der Waals surface area (Å²) in [5.41, 5.74) is 0.408. The molecule has 15 heavy (non-hydrogen) atoms. The van der Waals surface area contributed by atoms with Gasteiger partial charge in [0.1, 0.15) is 10.9 Å². The molecule has 4 heteroatoms. The van der Waals surface area contributed by atoms with Crippen molar-refractivity contribution in [3.63, 3.8) is 0 Å². The van der Waals surface area contributed by atoms with Crippen LogP contribution in [-0.2, 0) is 0 Å². The van der Waals surface area contributed by atoms with Crippen LogP contribution < -0.4 is 4.74 Å². The number of Topliss-reactive ketones (excluding diaryl/α,β-unsaturated/α-hetero) is 1. The van der Waals surface area contributed by atoms with Gasteiger partial charge in [-0.1, -0.05) is 24.9 Å². The average molecular weight is 228 g/mol. The Labute approximate surface area is 94.4 Å². The molecule has 0 saturated carbocycles. The fraction of sp³-hybridized carbons (Fsp3) is 0.455. The lowest BCUT2D eigenvalue weighted by Crippen LogP contribution is -2.00. The maximum atomic E-state index is 11.2. The standard InChI is InChI=1S/C11H14ClNO2/c1-3-4-5-15-9-6-10(8(2)14)11(12)13-7-9/h6-7H,3-5H2,1-2H3. The third kappa shape index (κ3) is 3.51. The molecule has 0 saturated heterocycles. The van der Waals surface area contributed by atoms with Crippen LogP contribution in [-0.4, -0.2) is 17.4 Å². The molecule has 0 aromatic carbocycles. The summed E-state index contributed by atoms with van der Waals surface area (Å²) in [6.45, 7) is 4.18. The number of carbonyl (C=O) groups excluding carboxylic acids is 1. The van der Waals surface area contributed by atoms with Gasteiger partial charge in [-0.3, -0.25) is 4.79 Å². The van der Waals surface area contributed by atoms with Gasteiger partial charge in [-0.15, -0.1) is 0 Å². The van der Waals surface area contributed by atoms with E-state index in [-0.39, 0.29) is 10.9 Å². The number of hydrogen-bond donors (Lipinski definition) is 0. The lowest BCUT2D eigenvalue weighted by molar-refractivity contribution is 0.101. The van der Waals surface area contributed by atoms with E-state index >= 15 is 0 Å². The summed E-state index contributed by atoms with van der Waals surface area (Å²) >= 11 is 5.77. The van der Waals surface area contributed by atoms with Gasteiger partial charge in [0.15, 0.2) is 5.78 Å². The molecule has 3 nitrogen and oxygen atoms in total. The Bertz CT molecular complexity index is 352. The first-order valence-electron chi connectivity index (χ1n) is 4.94. The first-order chi connectivity index (χ1) is 7.15. The number of ether oxygens (including phenoxy) is 1. The Balaban J connectivity index is 2.74. The minimum atomic E-state index is -0.103. The molecule has 1 heterocycles. The second-order valence-electron chi connectivity index (χ2n) is 3.27. The molecule has 0 amide bonds. The fourth-order valence-corrected chi connectivity index (χ4v) is 1.33. The van der Waals surface area contributed by atoms with Crippen molar-refractivity contribution in [3.05, 3.63) is 23.0 Å². The smallest absolute Gasteiger partial charge is 0.163 e. The number of unbranched alkanes of at least 4 members (excludes halogenated alkanes) is 1. The molecule has 0 radical (unpaired) electrons. The Hall–Kier alpha value is -1.09. The van der Waals surface area contributed by atoms with Crippen LogP contribution in [0.4, 0.5) is 0 Å². The van der Waals surface area contributed by atoms with Crippen molar-refractivity contribution in [3.8, 4) is 5.75 Å². The lowest BCUT2D eigenvalue weighted by Gasteiger charge is -2.06. The van der Waals surface area contributed by atoms with Crippen LogP contribution in [0, 0.1) is 0 Å². The largest absolute Gasteiger partial charge is 0.492 e. The number of halogens is 1. The molecule has 0 aliphatic carbocycles. The molecule has 0 bridgehead atoms. The van der Waals surface area contributed by atoms with Crippen LogP contribution in [0.5, 0.6) is 5.75 Å². The number of rotatable bonds is 5. The predicted molar refractivity (Wildman–Crippen MR) is 59.7 cm³/mol. The molecule has 1 rings (SSSR count). The number of hydrogen-bond acceptors (Lipinski definition) is 3. The van der Waals surface area contributed by atoms with Crippen LogP contribution in [0.3, 0.4) is 0 Å². The monoisotopic (exact) mass is 227 g/mol. The topological polar surface area (TPSA) is 39.2 Å². The molecule has 0 atom stereocenters. The van der Waals surface area contributed by atoms with Crippen molar-refractivity contribution in [1.82, 2.24) is 4.98 Å². The summed E-state index contributed by atoms with van der Waals surface area (Å²) in [5.74, 6) is 0.492. The normalized spacial score (nSPS) is 10.1. The average Bonchev–Trinajstić information content (AvgIpc) is 2.20. The first kappa shape index (κ1) is 12.0. The molecule has 0 N–H and O–H groups in total. The van der Waals surface area contributed by atoms with Crippen molar-refractivity contribution < 1.29 is 9.53 Å². The lowest BCUT2D eigenvalue weighted by atomic mass is 10.2. The van der Waals surface area contributed by atoms with Gasteiger partial charge in [-0.05, 0) is 19.4 Å². The van der Waals surface area contributed by atoms with E-state index in [4.69, 9.17) is 16.3 Å². The minimum absolute atomic E-state index is 0.103. The summed E-state index contributed by atoms with van der Waals surface area (Å²) in [7, 11) is 0. The maximum Gasteiger partial charge on any atom is 0.163 e. The Morgan fingerprint density at radius 3 is 2.93 bits per heavy atom. The van der Waals surface area contributed by atoms with Crippen LogP contribution in [0.15, 0.2) is 12.3 Å². The highest BCUT2D eigenvalue weighted by Gasteiger charge is 2.08. The molecule has 0 aliphatic rings. The van der Waals surface area contributed by atoms with Crippen LogP contribution in [0.1, 0.15) is 37.0 Å². The summed E-state index contributed by atoms with van der Waals surface area (Å²) in [4.78, 5) is 15.1. The van der Waals surface area contributed by atoms with E-state index in [1.165, 1.54) is 13.1 Å². The molecule has 0 unspecified atom stereocenters. The quantitative estimate of drug-likeness (QED) is 0.441. The van der Waals surface area contributed by atoms with Gasteiger partial charge < -0.3 is 4.74 Å². The van der Waals surface area contributed by atoms with Crippen LogP contribution in [0.25, 0.3) is 0 Å². The van der Waals surface area contributed by atoms with Gasteiger partial charge in [0.2, 0.25) is 0 Å². The zero-order valence-electron chi connectivity index (χ0n) is 8.92. The van der Waals surface area contributed by atoms with E-state index in [9.17, 15) is 4.79 Å². The highest BCUT2D eigenvalue weighted by molar-refractivity contribution is 6.32. The SMILES string of the molecule is CCCCOc1cnc(Cl)c(C(C)=O)c1. The Morgan fingerprint density at radius 2 is 2.33 bits per heavy atom. The zero-order valence-corrected chi connectivity index (χ0v) is 9.67. The summed E-state index contributed by atoms with van der Waals surface area (Å²) in [5, 5.41) is 0.227. The van der Waals surface area contributed by atoms with Gasteiger partial charge in [-0.25, -0.2) is 4.98 Å². The molecular weight excluding hydrogens is 214 g/mol. The highest BCUT2D eigenvalue weighted by Crippen LogP contribution is 2.19. The fourth-order valence-electron chi connectivity index (χ4n) is 1.09. The Morgan fingerprint density at radius 1 is 1.60 bits per heavy atom. The van der Waals surface area contributed by atoms with Crippen molar-refractivity contribution in [2.75, 3.05) is 6.61 Å². The second kappa shape index (κ2) is 5.71. The molecule has 0 fully saturated rings. The van der Waals surface area contributed by atoms with Crippen molar-refractivity contribution in [2.45, 2.75) is 26.7 Å². The van der Waals surface area contributed by atoms with E-state index in [2.05, 4.69) is 11.9 Å². The number of aromatic nitrogens is 1. The molecule has 82 valence electrons. The number of carbonyl (C=O) groups is 1. The van der Waals surface area contributed by atoms with Crippen molar-refractivity contribution in [1.29, 1.82) is 0 Å². The highest BCUT2D eigenvalue weighted by atomic mass is 35.5.